The molecule has 178 valence electrons. The van der Waals surface area contributed by atoms with Gasteiger partial charge in [0, 0.05) is 48.0 Å². The van der Waals surface area contributed by atoms with Gasteiger partial charge in [-0.2, -0.15) is 0 Å². The first-order valence-corrected chi connectivity index (χ1v) is 10.9. The highest BCUT2D eigenvalue weighted by Crippen LogP contribution is 2.36. The zero-order chi connectivity index (χ0) is 24.2. The first kappa shape index (κ1) is 22.3. The van der Waals surface area contributed by atoms with Crippen molar-refractivity contribution in [3.8, 4) is 11.4 Å². The van der Waals surface area contributed by atoms with Gasteiger partial charge in [0.25, 0.3) is 5.56 Å². The van der Waals surface area contributed by atoms with E-state index >= 15 is 0 Å². The van der Waals surface area contributed by atoms with Gasteiger partial charge in [-0.15, -0.1) is 13.2 Å². The Labute approximate surface area is 193 Å². The first-order chi connectivity index (χ1) is 16.1. The van der Waals surface area contributed by atoms with Crippen molar-refractivity contribution in [2.24, 2.45) is 0 Å². The van der Waals surface area contributed by atoms with Crippen LogP contribution in [0.5, 0.6) is 5.75 Å². The number of aryl methyl sites for hydroxylation is 1. The topological polar surface area (TPSA) is 65.4 Å². The van der Waals surface area contributed by atoms with Crippen molar-refractivity contribution in [3.05, 3.63) is 76.4 Å². The van der Waals surface area contributed by atoms with Crippen LogP contribution >= 0.6 is 0 Å². The van der Waals surface area contributed by atoms with Crippen molar-refractivity contribution in [1.29, 1.82) is 0 Å². The number of alkyl halides is 3. The van der Waals surface area contributed by atoms with E-state index in [9.17, 15) is 18.0 Å². The maximum absolute atomic E-state index is 13.2. The van der Waals surface area contributed by atoms with Crippen LogP contribution in [0.25, 0.3) is 16.7 Å². The van der Waals surface area contributed by atoms with E-state index in [4.69, 9.17) is 4.42 Å². The molecule has 0 fully saturated rings. The van der Waals surface area contributed by atoms with Crippen LogP contribution in [-0.4, -0.2) is 31.4 Å². The van der Waals surface area contributed by atoms with Gasteiger partial charge in [0.1, 0.15) is 17.0 Å². The summed E-state index contributed by atoms with van der Waals surface area (Å²) >= 11 is 0. The molecular formula is C24H23F3N4O3. The first-order valence-electron chi connectivity index (χ1n) is 10.9. The largest absolute Gasteiger partial charge is 0.573 e. The molecule has 4 aromatic rings. The number of halogens is 3. The van der Waals surface area contributed by atoms with Gasteiger partial charge in [0.15, 0.2) is 0 Å². The number of furan rings is 1. The molecule has 4 heterocycles. The number of imidazole rings is 1. The van der Waals surface area contributed by atoms with Gasteiger partial charge in [-0.1, -0.05) is 0 Å². The van der Waals surface area contributed by atoms with E-state index < -0.39 is 6.36 Å². The molecule has 1 aliphatic heterocycles. The van der Waals surface area contributed by atoms with Crippen molar-refractivity contribution in [1.82, 2.24) is 19.0 Å². The van der Waals surface area contributed by atoms with Crippen molar-refractivity contribution in [3.63, 3.8) is 0 Å². The van der Waals surface area contributed by atoms with Crippen molar-refractivity contribution < 1.29 is 22.3 Å². The second kappa shape index (κ2) is 8.05. The molecule has 0 spiro atoms. The monoisotopic (exact) mass is 472 g/mol. The lowest BCUT2D eigenvalue weighted by molar-refractivity contribution is -0.274. The molecule has 0 aliphatic carbocycles. The van der Waals surface area contributed by atoms with Crippen LogP contribution in [0, 0.1) is 6.92 Å². The van der Waals surface area contributed by atoms with Crippen molar-refractivity contribution in [2.45, 2.75) is 52.3 Å². The van der Waals surface area contributed by atoms with Crippen LogP contribution in [0.4, 0.5) is 13.2 Å². The molecule has 2 unspecified atom stereocenters. The van der Waals surface area contributed by atoms with Gasteiger partial charge < -0.3 is 18.3 Å². The summed E-state index contributed by atoms with van der Waals surface area (Å²) in [6.45, 7) is 6.87. The third-order valence-electron chi connectivity index (χ3n) is 6.35. The molecule has 10 heteroatoms. The van der Waals surface area contributed by atoms with Crippen molar-refractivity contribution >= 4 is 11.0 Å². The van der Waals surface area contributed by atoms with Gasteiger partial charge in [-0.3, -0.25) is 9.69 Å². The van der Waals surface area contributed by atoms with E-state index in [1.54, 1.807) is 27.8 Å². The minimum atomic E-state index is -4.77. The fourth-order valence-electron chi connectivity index (χ4n) is 4.65. The Bertz CT molecular complexity index is 1420. The second-order valence-electron chi connectivity index (χ2n) is 8.64. The highest BCUT2D eigenvalue weighted by molar-refractivity contribution is 5.83. The molecule has 7 nitrogen and oxygen atoms in total. The summed E-state index contributed by atoms with van der Waals surface area (Å²) in [5.74, 6) is -0.291. The van der Waals surface area contributed by atoms with Gasteiger partial charge in [0.2, 0.25) is 0 Å². The van der Waals surface area contributed by atoms with Gasteiger partial charge >= 0.3 is 6.36 Å². The predicted octanol–water partition coefficient (Wildman–Crippen LogP) is 4.95. The molecule has 5 rings (SSSR count). The Kier molecular flexibility index (Phi) is 5.27. The molecule has 0 saturated carbocycles. The summed E-state index contributed by atoms with van der Waals surface area (Å²) in [4.78, 5) is 19.6. The number of benzene rings is 1. The van der Waals surface area contributed by atoms with Gasteiger partial charge in [-0.05, 0) is 51.1 Å². The van der Waals surface area contributed by atoms with E-state index in [2.05, 4.69) is 14.6 Å². The number of ether oxygens (including phenoxy) is 1. The summed E-state index contributed by atoms with van der Waals surface area (Å²) in [6.07, 6.45) is 0.243. The lowest BCUT2D eigenvalue weighted by atomic mass is 10.0. The fraction of sp³-hybridized carbons (Fsp3) is 0.333. The Morgan fingerprint density at radius 1 is 1.24 bits per heavy atom. The highest BCUT2D eigenvalue weighted by atomic mass is 19.4. The summed E-state index contributed by atoms with van der Waals surface area (Å²) in [6, 6.07) is 7.61. The van der Waals surface area contributed by atoms with E-state index in [0.717, 1.165) is 17.0 Å². The maximum Gasteiger partial charge on any atom is 0.573 e. The average molecular weight is 472 g/mol. The molecule has 0 amide bonds. The molecule has 0 saturated heterocycles. The number of aromatic nitrogens is 3. The lowest BCUT2D eigenvalue weighted by Gasteiger charge is -2.39. The molecule has 3 aromatic heterocycles. The zero-order valence-corrected chi connectivity index (χ0v) is 18.8. The summed E-state index contributed by atoms with van der Waals surface area (Å²) in [5.41, 5.74) is 3.39. The Morgan fingerprint density at radius 3 is 2.74 bits per heavy atom. The lowest BCUT2D eigenvalue weighted by Crippen LogP contribution is -2.46. The third kappa shape index (κ3) is 3.98. The minimum Gasteiger partial charge on any atom is -0.464 e. The number of pyridine rings is 1. The summed E-state index contributed by atoms with van der Waals surface area (Å²) < 4.78 is 51.3. The van der Waals surface area contributed by atoms with E-state index in [0.29, 0.717) is 29.7 Å². The molecular weight excluding hydrogens is 449 g/mol. The number of rotatable bonds is 4. The highest BCUT2D eigenvalue weighted by Gasteiger charge is 2.33. The quantitative estimate of drug-likeness (QED) is 0.421. The molecule has 0 radical (unpaired) electrons. The standard InChI is InChI=1S/C24H23F3N4O3/c1-14-9-29(13-28-14)21-6-4-17-11-30(15(2)10-31(17)23(21)32)16(3)20-12-33-22-7-5-18(8-19(20)22)34-24(25,26)27/h4-9,12-13,15-16H,10-11H2,1-3H3. The van der Waals surface area contributed by atoms with E-state index in [1.807, 2.05) is 33.0 Å². The SMILES string of the molecule is Cc1cn(-c2ccc3n(c2=O)CC(C)N(C(C)c2coc4ccc(OC(F)(F)F)cc24)C3)cn1. The predicted molar refractivity (Wildman–Crippen MR) is 119 cm³/mol. The molecule has 0 bridgehead atoms. The van der Waals surface area contributed by atoms with Crippen molar-refractivity contribution in [2.75, 3.05) is 0 Å². The molecule has 1 aromatic carbocycles. The minimum absolute atomic E-state index is 0.000434. The zero-order valence-electron chi connectivity index (χ0n) is 18.8. The van der Waals surface area contributed by atoms with E-state index in [-0.39, 0.29) is 23.4 Å². The van der Waals surface area contributed by atoms with Crippen LogP contribution < -0.4 is 10.3 Å². The molecule has 1 aliphatic rings. The second-order valence-corrected chi connectivity index (χ2v) is 8.64. The van der Waals surface area contributed by atoms with Crippen LogP contribution in [0.3, 0.4) is 0 Å². The number of hydrogen-bond donors (Lipinski definition) is 0. The van der Waals surface area contributed by atoms with Crippen LogP contribution in [0.1, 0.15) is 36.8 Å². The summed E-state index contributed by atoms with van der Waals surface area (Å²) in [5, 5.41) is 0.565. The summed E-state index contributed by atoms with van der Waals surface area (Å²) in [7, 11) is 0. The Morgan fingerprint density at radius 2 is 2.03 bits per heavy atom. The molecule has 0 N–H and O–H groups in total. The van der Waals surface area contributed by atoms with E-state index in [1.165, 1.54) is 18.2 Å². The molecule has 2 atom stereocenters. The fourth-order valence-corrected chi connectivity index (χ4v) is 4.65. The van der Waals surface area contributed by atoms with Crippen LogP contribution in [-0.2, 0) is 13.1 Å². The maximum atomic E-state index is 13.2. The Hall–Kier alpha value is -3.53. The van der Waals surface area contributed by atoms with Crippen LogP contribution in [0.2, 0.25) is 0 Å². The average Bonchev–Trinajstić information content (AvgIpc) is 3.38. The third-order valence-corrected chi connectivity index (χ3v) is 6.35. The normalized spacial score (nSPS) is 17.6. The van der Waals surface area contributed by atoms with Crippen LogP contribution in [0.15, 0.2) is 58.3 Å². The van der Waals surface area contributed by atoms with Gasteiger partial charge in [0.05, 0.1) is 18.3 Å². The number of hydrogen-bond acceptors (Lipinski definition) is 5. The Balaban J connectivity index is 1.46. The van der Waals surface area contributed by atoms with Gasteiger partial charge in [-0.25, -0.2) is 4.98 Å². The number of nitrogens with zero attached hydrogens (tertiary/aromatic N) is 4. The smallest absolute Gasteiger partial charge is 0.464 e. The molecule has 34 heavy (non-hydrogen) atoms. The number of fused-ring (bicyclic) bond motifs is 2.